The molecule has 0 amide bonds. The highest BCUT2D eigenvalue weighted by Crippen LogP contribution is 2.32. The lowest BCUT2D eigenvalue weighted by atomic mass is 10.2. The predicted octanol–water partition coefficient (Wildman–Crippen LogP) is 4.68. The van der Waals surface area contributed by atoms with Crippen LogP contribution in [0, 0.1) is 0 Å². The van der Waals surface area contributed by atoms with Crippen LogP contribution in [0.1, 0.15) is 10.4 Å². The Labute approximate surface area is 117 Å². The van der Waals surface area contributed by atoms with Gasteiger partial charge in [0, 0.05) is 10.1 Å². The minimum atomic E-state index is -1.31. The Bertz CT molecular complexity index is 390. The summed E-state index contributed by atoms with van der Waals surface area (Å²) in [5.74, 6) is 0. The van der Waals surface area contributed by atoms with Crippen molar-refractivity contribution in [2.45, 2.75) is 43.8 Å². The van der Waals surface area contributed by atoms with Crippen molar-refractivity contribution in [2.24, 2.45) is 0 Å². The van der Waals surface area contributed by atoms with Gasteiger partial charge in [-0.3, -0.25) is 4.79 Å². The average Bonchev–Trinajstić information content (AvgIpc) is 2.23. The first-order chi connectivity index (χ1) is 8.12. The molecule has 0 unspecified atom stereocenters. The molecule has 4 heteroatoms. The van der Waals surface area contributed by atoms with Crippen molar-refractivity contribution < 1.29 is 4.79 Å². The topological polar surface area (TPSA) is 17.1 Å². The highest BCUT2D eigenvalue weighted by atomic mass is 32.2. The van der Waals surface area contributed by atoms with E-state index in [1.54, 1.807) is 11.8 Å². The summed E-state index contributed by atoms with van der Waals surface area (Å²) in [7, 11) is -2.63. The molecule has 0 radical (unpaired) electrons. The summed E-state index contributed by atoms with van der Waals surface area (Å²) < 4.78 is 0.567. The maximum absolute atomic E-state index is 12.4. The van der Waals surface area contributed by atoms with Gasteiger partial charge in [-0.25, -0.2) is 0 Å². The molecule has 0 N–H and O–H groups in total. The summed E-state index contributed by atoms with van der Waals surface area (Å²) in [6.07, 6.45) is 0. The number of hydrogen-bond acceptors (Lipinski definition) is 2. The molecule has 0 bridgehead atoms. The van der Waals surface area contributed by atoms with Gasteiger partial charge in [0.25, 0.3) is 0 Å². The van der Waals surface area contributed by atoms with Crippen LogP contribution in [0.4, 0.5) is 0 Å². The van der Waals surface area contributed by atoms with E-state index in [0.717, 1.165) is 5.56 Å². The molecule has 0 saturated carbocycles. The van der Waals surface area contributed by atoms with E-state index in [4.69, 9.17) is 0 Å². The van der Waals surface area contributed by atoms with E-state index < -0.39 is 16.1 Å². The molecule has 0 spiro atoms. The lowest BCUT2D eigenvalue weighted by Gasteiger charge is -2.37. The second kappa shape index (κ2) is 5.76. The molecule has 1 aromatic rings. The van der Waals surface area contributed by atoms with E-state index in [2.05, 4.69) is 39.3 Å². The number of hydrogen-bond donors (Lipinski definition) is 0. The van der Waals surface area contributed by atoms with E-state index in [1.165, 1.54) is 0 Å². The largest absolute Gasteiger partial charge is 0.282 e. The summed E-state index contributed by atoms with van der Waals surface area (Å²) >= 11 is 1.60. The van der Waals surface area contributed by atoms with Crippen LogP contribution >= 0.6 is 11.8 Å². The summed E-state index contributed by atoms with van der Waals surface area (Å²) in [5, 5.41) is 0.241. The predicted molar refractivity (Wildman–Crippen MR) is 88.8 cm³/mol. The fourth-order valence-electron chi connectivity index (χ4n) is 2.40. The van der Waals surface area contributed by atoms with Crippen molar-refractivity contribution in [2.75, 3.05) is 0 Å². The molecular formula is C14H24OSSi2. The fraction of sp³-hybridized carbons (Fsp3) is 0.500. The lowest BCUT2D eigenvalue weighted by molar-refractivity contribution is 0.108. The number of thioether (sulfide) groups is 1. The van der Waals surface area contributed by atoms with Crippen LogP contribution in [-0.4, -0.2) is 25.8 Å². The quantitative estimate of drug-likeness (QED) is 0.750. The van der Waals surface area contributed by atoms with E-state index in [1.807, 2.05) is 30.3 Å². The molecule has 0 saturated heterocycles. The Kier molecular flexibility index (Phi) is 5.03. The Morgan fingerprint density at radius 3 is 1.78 bits per heavy atom. The van der Waals surface area contributed by atoms with Crippen LogP contribution in [0.25, 0.3) is 0 Å². The molecule has 1 nitrogen and oxygen atoms in total. The standard InChI is InChI=1S/C14H24OSSi2/c1-17(2,3)14(18(4,5)6)16-13(15)12-10-8-7-9-11-12/h7-11,14H,1-6H3. The molecule has 100 valence electrons. The van der Waals surface area contributed by atoms with Crippen molar-refractivity contribution in [3.05, 3.63) is 35.9 Å². The molecule has 0 aliphatic heterocycles. The van der Waals surface area contributed by atoms with E-state index in [9.17, 15) is 4.79 Å². The normalized spacial score (nSPS) is 12.8. The van der Waals surface area contributed by atoms with Crippen LogP contribution < -0.4 is 0 Å². The van der Waals surface area contributed by atoms with E-state index >= 15 is 0 Å². The average molecular weight is 297 g/mol. The molecule has 0 aromatic heterocycles. The number of carbonyl (C=O) groups is 1. The molecule has 0 heterocycles. The van der Waals surface area contributed by atoms with Crippen molar-refractivity contribution >= 4 is 33.0 Å². The Morgan fingerprint density at radius 1 is 0.944 bits per heavy atom. The van der Waals surface area contributed by atoms with Gasteiger partial charge in [0.15, 0.2) is 0 Å². The number of carbonyl (C=O) groups excluding carboxylic acids is 1. The number of benzene rings is 1. The first-order valence-electron chi connectivity index (χ1n) is 6.38. The van der Waals surface area contributed by atoms with Gasteiger partial charge in [0.05, 0.1) is 16.1 Å². The van der Waals surface area contributed by atoms with Gasteiger partial charge in [0.2, 0.25) is 5.12 Å². The molecule has 18 heavy (non-hydrogen) atoms. The monoisotopic (exact) mass is 296 g/mol. The van der Waals surface area contributed by atoms with Crippen molar-refractivity contribution in [3.63, 3.8) is 0 Å². The first kappa shape index (κ1) is 15.7. The van der Waals surface area contributed by atoms with Gasteiger partial charge in [0.1, 0.15) is 0 Å². The van der Waals surface area contributed by atoms with E-state index in [-0.39, 0.29) is 5.12 Å². The van der Waals surface area contributed by atoms with E-state index in [0.29, 0.717) is 4.50 Å². The molecular weight excluding hydrogens is 272 g/mol. The summed E-state index contributed by atoms with van der Waals surface area (Å²) in [6, 6.07) is 9.66. The van der Waals surface area contributed by atoms with Crippen molar-refractivity contribution in [1.82, 2.24) is 0 Å². The minimum absolute atomic E-state index is 0.241. The van der Waals surface area contributed by atoms with Crippen LogP contribution in [0.5, 0.6) is 0 Å². The second-order valence-electron chi connectivity index (χ2n) is 6.88. The maximum atomic E-state index is 12.4. The Morgan fingerprint density at radius 2 is 1.39 bits per heavy atom. The van der Waals surface area contributed by atoms with Crippen LogP contribution in [-0.2, 0) is 0 Å². The summed E-state index contributed by atoms with van der Waals surface area (Å²) in [4.78, 5) is 12.4. The SMILES string of the molecule is C[Si](C)(C)C(SC(=O)c1ccccc1)[Si](C)(C)C. The molecule has 1 aromatic carbocycles. The first-order valence-corrected chi connectivity index (χ1v) is 14.4. The fourth-order valence-corrected chi connectivity index (χ4v) is 16.8. The molecule has 1 rings (SSSR count). The summed E-state index contributed by atoms with van der Waals surface area (Å²) in [6.45, 7) is 14.3. The van der Waals surface area contributed by atoms with Gasteiger partial charge in [-0.05, 0) is 0 Å². The number of rotatable bonds is 4. The molecule has 0 aliphatic rings. The van der Waals surface area contributed by atoms with Crippen LogP contribution in [0.3, 0.4) is 0 Å². The minimum Gasteiger partial charge on any atom is -0.282 e. The second-order valence-corrected chi connectivity index (χ2v) is 20.0. The van der Waals surface area contributed by atoms with Crippen LogP contribution in [0.15, 0.2) is 30.3 Å². The third-order valence-electron chi connectivity index (χ3n) is 2.81. The summed E-state index contributed by atoms with van der Waals surface area (Å²) in [5.41, 5.74) is 0.837. The Hall–Kier alpha value is -0.326. The van der Waals surface area contributed by atoms with Crippen LogP contribution in [0.2, 0.25) is 39.3 Å². The smallest absolute Gasteiger partial charge is 0.219 e. The third-order valence-corrected chi connectivity index (χ3v) is 16.8. The zero-order valence-electron chi connectivity index (χ0n) is 12.3. The highest BCUT2D eigenvalue weighted by molar-refractivity contribution is 8.17. The van der Waals surface area contributed by atoms with Gasteiger partial charge >= 0.3 is 0 Å². The maximum Gasteiger partial charge on any atom is 0.219 e. The third kappa shape index (κ3) is 4.41. The zero-order valence-corrected chi connectivity index (χ0v) is 15.1. The highest BCUT2D eigenvalue weighted by Gasteiger charge is 2.39. The van der Waals surface area contributed by atoms with Gasteiger partial charge < -0.3 is 0 Å². The molecule has 0 aliphatic carbocycles. The molecule has 0 fully saturated rings. The molecule has 0 atom stereocenters. The van der Waals surface area contributed by atoms with Gasteiger partial charge in [-0.15, -0.1) is 0 Å². The van der Waals surface area contributed by atoms with Gasteiger partial charge in [-0.2, -0.15) is 0 Å². The van der Waals surface area contributed by atoms with Crippen molar-refractivity contribution in [1.29, 1.82) is 0 Å². The lowest BCUT2D eigenvalue weighted by Crippen LogP contribution is -2.52. The zero-order chi connectivity index (χ0) is 14.0. The Balaban J connectivity index is 2.90. The van der Waals surface area contributed by atoms with Gasteiger partial charge in [-0.1, -0.05) is 81.4 Å². The van der Waals surface area contributed by atoms with Crippen molar-refractivity contribution in [3.8, 4) is 0 Å².